The lowest BCUT2D eigenvalue weighted by Crippen LogP contribution is -2.43. The summed E-state index contributed by atoms with van der Waals surface area (Å²) in [6, 6.07) is 2.66. The van der Waals surface area contributed by atoms with E-state index in [9.17, 15) is 0 Å². The van der Waals surface area contributed by atoms with E-state index in [0.717, 1.165) is 23.9 Å². The maximum atomic E-state index is 9.07. The van der Waals surface area contributed by atoms with Crippen LogP contribution in [-0.2, 0) is 6.54 Å². The number of thiophene rings is 1. The summed E-state index contributed by atoms with van der Waals surface area (Å²) in [7, 11) is 0. The number of rotatable bonds is 3. The van der Waals surface area contributed by atoms with Crippen molar-refractivity contribution in [2.45, 2.75) is 31.5 Å². The molecule has 0 unspecified atom stereocenters. The van der Waals surface area contributed by atoms with Crippen LogP contribution in [0.5, 0.6) is 0 Å². The van der Waals surface area contributed by atoms with Gasteiger partial charge in [0, 0.05) is 27.3 Å². The number of hydrogen-bond acceptors (Lipinski definition) is 3. The smallest absolute Gasteiger partial charge is 0.0570 e. The van der Waals surface area contributed by atoms with Crippen molar-refractivity contribution in [1.82, 2.24) is 5.32 Å². The predicted molar refractivity (Wildman–Crippen MR) is 57.9 cm³/mol. The molecular formula is C9H12BrNOS. The quantitative estimate of drug-likeness (QED) is 0.874. The zero-order valence-corrected chi connectivity index (χ0v) is 9.57. The SMILES string of the molecule is OC1CC(NCc2cc(Br)cs2)C1. The zero-order valence-electron chi connectivity index (χ0n) is 7.16. The molecule has 4 heteroatoms. The lowest BCUT2D eigenvalue weighted by molar-refractivity contribution is 0.0620. The van der Waals surface area contributed by atoms with Crippen LogP contribution in [0.15, 0.2) is 15.9 Å². The summed E-state index contributed by atoms with van der Waals surface area (Å²) in [4.78, 5) is 1.34. The lowest BCUT2D eigenvalue weighted by atomic mass is 9.89. The van der Waals surface area contributed by atoms with Crippen LogP contribution in [0.2, 0.25) is 0 Å². The maximum absolute atomic E-state index is 9.07. The van der Waals surface area contributed by atoms with Crippen LogP contribution in [0.1, 0.15) is 17.7 Å². The predicted octanol–water partition coefficient (Wildman–Crippen LogP) is 2.12. The van der Waals surface area contributed by atoms with Gasteiger partial charge in [-0.2, -0.15) is 0 Å². The van der Waals surface area contributed by atoms with Gasteiger partial charge in [0.05, 0.1) is 6.10 Å². The van der Waals surface area contributed by atoms with Gasteiger partial charge in [-0.15, -0.1) is 11.3 Å². The number of aliphatic hydroxyl groups is 1. The van der Waals surface area contributed by atoms with E-state index in [1.165, 1.54) is 4.88 Å². The Morgan fingerprint density at radius 1 is 1.62 bits per heavy atom. The summed E-state index contributed by atoms with van der Waals surface area (Å²) < 4.78 is 1.16. The molecular weight excluding hydrogens is 250 g/mol. The molecule has 2 N–H and O–H groups in total. The van der Waals surface area contributed by atoms with Crippen LogP contribution in [0.25, 0.3) is 0 Å². The van der Waals surface area contributed by atoms with Crippen molar-refractivity contribution < 1.29 is 5.11 Å². The Balaban J connectivity index is 1.74. The van der Waals surface area contributed by atoms with Crippen molar-refractivity contribution in [3.63, 3.8) is 0 Å². The van der Waals surface area contributed by atoms with Crippen molar-refractivity contribution in [3.05, 3.63) is 20.8 Å². The molecule has 1 saturated carbocycles. The highest BCUT2D eigenvalue weighted by Crippen LogP contribution is 2.22. The fourth-order valence-corrected chi connectivity index (χ4v) is 2.85. The zero-order chi connectivity index (χ0) is 9.26. The van der Waals surface area contributed by atoms with Crippen LogP contribution in [0.3, 0.4) is 0 Å². The average Bonchev–Trinajstić information content (AvgIpc) is 2.43. The first-order valence-electron chi connectivity index (χ1n) is 4.38. The second-order valence-corrected chi connectivity index (χ2v) is 5.35. The van der Waals surface area contributed by atoms with E-state index in [0.29, 0.717) is 6.04 Å². The third-order valence-electron chi connectivity index (χ3n) is 2.30. The summed E-state index contributed by atoms with van der Waals surface area (Å²) >= 11 is 5.18. The van der Waals surface area contributed by atoms with Crippen molar-refractivity contribution in [2.75, 3.05) is 0 Å². The first kappa shape index (κ1) is 9.65. The first-order valence-corrected chi connectivity index (χ1v) is 6.05. The van der Waals surface area contributed by atoms with Gasteiger partial charge in [0.15, 0.2) is 0 Å². The fourth-order valence-electron chi connectivity index (χ4n) is 1.45. The summed E-state index contributed by atoms with van der Waals surface area (Å²) in [5.74, 6) is 0. The monoisotopic (exact) mass is 261 g/mol. The van der Waals surface area contributed by atoms with Crippen LogP contribution >= 0.6 is 27.3 Å². The minimum absolute atomic E-state index is 0.0624. The van der Waals surface area contributed by atoms with Crippen LogP contribution in [0.4, 0.5) is 0 Å². The molecule has 0 radical (unpaired) electrons. The van der Waals surface area contributed by atoms with Gasteiger partial charge in [0.2, 0.25) is 0 Å². The largest absolute Gasteiger partial charge is 0.393 e. The van der Waals surface area contributed by atoms with E-state index in [4.69, 9.17) is 5.11 Å². The number of aliphatic hydroxyl groups excluding tert-OH is 1. The third kappa shape index (κ3) is 2.53. The van der Waals surface area contributed by atoms with Crippen molar-refractivity contribution in [3.8, 4) is 0 Å². The summed E-state index contributed by atoms with van der Waals surface area (Å²) in [5.41, 5.74) is 0. The number of nitrogens with one attached hydrogen (secondary N) is 1. The van der Waals surface area contributed by atoms with E-state index in [1.54, 1.807) is 11.3 Å². The topological polar surface area (TPSA) is 32.3 Å². The normalized spacial score (nSPS) is 27.2. The molecule has 72 valence electrons. The molecule has 2 rings (SSSR count). The van der Waals surface area contributed by atoms with Crippen molar-refractivity contribution in [1.29, 1.82) is 0 Å². The van der Waals surface area contributed by atoms with Gasteiger partial charge in [0.1, 0.15) is 0 Å². The molecule has 1 aromatic heterocycles. The molecule has 0 atom stereocenters. The van der Waals surface area contributed by atoms with E-state index in [-0.39, 0.29) is 6.10 Å². The Morgan fingerprint density at radius 3 is 2.92 bits per heavy atom. The maximum Gasteiger partial charge on any atom is 0.0570 e. The van der Waals surface area contributed by atoms with E-state index >= 15 is 0 Å². The molecule has 13 heavy (non-hydrogen) atoms. The summed E-state index contributed by atoms with van der Waals surface area (Å²) in [6.45, 7) is 0.924. The van der Waals surface area contributed by atoms with Gasteiger partial charge in [-0.25, -0.2) is 0 Å². The van der Waals surface area contributed by atoms with Crippen molar-refractivity contribution >= 4 is 27.3 Å². The fraction of sp³-hybridized carbons (Fsp3) is 0.556. The van der Waals surface area contributed by atoms with Crippen molar-refractivity contribution in [2.24, 2.45) is 0 Å². The Bertz CT molecular complexity index is 283. The molecule has 0 aromatic carbocycles. The molecule has 0 bridgehead atoms. The molecule has 1 aromatic rings. The summed E-state index contributed by atoms with van der Waals surface area (Å²) in [6.07, 6.45) is 1.76. The molecule has 0 amide bonds. The Labute approximate surface area is 90.1 Å². The minimum Gasteiger partial charge on any atom is -0.393 e. The molecule has 2 nitrogen and oxygen atoms in total. The standard InChI is InChI=1S/C9H12BrNOS/c10-6-1-9(13-5-6)4-11-7-2-8(12)3-7/h1,5,7-8,11-12H,2-4H2. The van der Waals surface area contributed by atoms with Gasteiger partial charge in [0.25, 0.3) is 0 Å². The highest BCUT2D eigenvalue weighted by Gasteiger charge is 2.26. The third-order valence-corrected chi connectivity index (χ3v) is 4.00. The molecule has 0 aliphatic heterocycles. The van der Waals surface area contributed by atoms with Gasteiger partial charge < -0.3 is 10.4 Å². The molecule has 1 fully saturated rings. The average molecular weight is 262 g/mol. The van der Waals surface area contributed by atoms with E-state index < -0.39 is 0 Å². The first-order chi connectivity index (χ1) is 6.24. The van der Waals surface area contributed by atoms with Crippen LogP contribution < -0.4 is 5.32 Å². The van der Waals surface area contributed by atoms with E-state index in [2.05, 4.69) is 32.7 Å². The van der Waals surface area contributed by atoms with Gasteiger partial charge in [-0.05, 0) is 34.8 Å². The van der Waals surface area contributed by atoms with Crippen LogP contribution in [-0.4, -0.2) is 17.3 Å². The molecule has 1 aliphatic rings. The van der Waals surface area contributed by atoms with Gasteiger partial charge >= 0.3 is 0 Å². The minimum atomic E-state index is -0.0624. The molecule has 1 aliphatic carbocycles. The number of hydrogen-bond donors (Lipinski definition) is 2. The molecule has 1 heterocycles. The second-order valence-electron chi connectivity index (χ2n) is 3.43. The summed E-state index contributed by atoms with van der Waals surface area (Å²) in [5, 5.41) is 14.6. The molecule has 0 spiro atoms. The Kier molecular flexibility index (Phi) is 3.03. The highest BCUT2D eigenvalue weighted by atomic mass is 79.9. The molecule has 0 saturated heterocycles. The Hall–Kier alpha value is 0.1000. The Morgan fingerprint density at radius 2 is 2.38 bits per heavy atom. The van der Waals surface area contributed by atoms with E-state index in [1.807, 2.05) is 0 Å². The van der Waals surface area contributed by atoms with Gasteiger partial charge in [-0.1, -0.05) is 0 Å². The second kappa shape index (κ2) is 4.09. The van der Waals surface area contributed by atoms with Crippen LogP contribution in [0, 0.1) is 0 Å². The van der Waals surface area contributed by atoms with Gasteiger partial charge in [-0.3, -0.25) is 0 Å². The highest BCUT2D eigenvalue weighted by molar-refractivity contribution is 9.10. The number of halogens is 1. The lowest BCUT2D eigenvalue weighted by Gasteiger charge is -2.31.